The third kappa shape index (κ3) is 8.78. The molecule has 2 unspecified atom stereocenters. The fourth-order valence-electron chi connectivity index (χ4n) is 3.80. The summed E-state index contributed by atoms with van der Waals surface area (Å²) in [6, 6.07) is 17.5. The molecule has 0 saturated carbocycles. The number of aryl methyl sites for hydroxylation is 1. The molecule has 2 aromatic carbocycles. The number of aliphatic hydroxyl groups is 2. The van der Waals surface area contributed by atoms with Crippen LogP contribution in [0.4, 0.5) is 0 Å². The lowest BCUT2D eigenvalue weighted by molar-refractivity contribution is -0.165. The van der Waals surface area contributed by atoms with Crippen molar-refractivity contribution in [3.63, 3.8) is 0 Å². The van der Waals surface area contributed by atoms with E-state index in [1.807, 2.05) is 18.2 Å². The first-order chi connectivity index (χ1) is 15.9. The summed E-state index contributed by atoms with van der Waals surface area (Å²) in [5.74, 6) is -2.93. The van der Waals surface area contributed by atoms with Gasteiger partial charge in [-0.3, -0.25) is 4.90 Å². The number of carbonyl (C=O) groups is 2. The number of aliphatic carboxylic acids is 2. The molecule has 0 spiro atoms. The number of benzene rings is 2. The minimum Gasteiger partial charge on any atom is -0.508 e. The zero-order valence-corrected chi connectivity index (χ0v) is 20.4. The van der Waals surface area contributed by atoms with Crippen molar-refractivity contribution >= 4 is 11.9 Å². The number of nitrogens with zero attached hydrogens (tertiary/aromatic N) is 1. The maximum atomic E-state index is 10.4. The molecule has 0 radical (unpaired) electrons. The Labute approximate surface area is 201 Å². The van der Waals surface area contributed by atoms with Crippen molar-refractivity contribution in [1.82, 2.24) is 4.90 Å². The average Bonchev–Trinajstić information content (AvgIpc) is 2.78. The van der Waals surface area contributed by atoms with E-state index in [0.29, 0.717) is 17.8 Å². The van der Waals surface area contributed by atoms with Crippen LogP contribution in [0, 0.1) is 6.92 Å². The lowest BCUT2D eigenvalue weighted by Crippen LogP contribution is -2.39. The van der Waals surface area contributed by atoms with E-state index in [4.69, 9.17) is 20.4 Å². The number of hydrogen-bond acceptors (Lipinski definition) is 6. The maximum Gasteiger partial charge on any atom is 0.335 e. The van der Waals surface area contributed by atoms with Gasteiger partial charge in [0, 0.05) is 23.6 Å². The van der Waals surface area contributed by atoms with Crippen molar-refractivity contribution in [2.75, 3.05) is 6.54 Å². The standard InChI is InChI=1S/C22H31NO.C4H6O6/c1-16(2)23(17(3)4)14-13-20(19-9-7-6-8-10-19)21-15-18(5)11-12-22(21)24;5-1(3(7)8)2(6)4(9)10/h6-12,15-17,20,24H,13-14H2,1-5H3;1-2,5-6H,(H,7,8)(H,9,10)/t;1-,2?/m.1/s1. The van der Waals surface area contributed by atoms with Crippen LogP contribution < -0.4 is 0 Å². The van der Waals surface area contributed by atoms with E-state index in [-0.39, 0.29) is 5.92 Å². The molecule has 2 rings (SSSR count). The Morgan fingerprint density at radius 1 is 0.853 bits per heavy atom. The van der Waals surface area contributed by atoms with Crippen LogP contribution in [-0.4, -0.2) is 73.2 Å². The normalized spacial score (nSPS) is 13.8. The summed E-state index contributed by atoms with van der Waals surface area (Å²) in [5, 5.41) is 43.0. The average molecular weight is 476 g/mol. The first-order valence-corrected chi connectivity index (χ1v) is 11.3. The summed E-state index contributed by atoms with van der Waals surface area (Å²) in [7, 11) is 0. The maximum absolute atomic E-state index is 10.4. The van der Waals surface area contributed by atoms with Gasteiger partial charge in [-0.2, -0.15) is 0 Å². The largest absolute Gasteiger partial charge is 0.508 e. The number of carboxylic acid groups (broad SMARTS) is 2. The monoisotopic (exact) mass is 475 g/mol. The molecular formula is C26H37NO7. The van der Waals surface area contributed by atoms with Gasteiger partial charge in [0.05, 0.1) is 0 Å². The lowest BCUT2D eigenvalue weighted by Gasteiger charge is -2.32. The van der Waals surface area contributed by atoms with Crippen LogP contribution in [0.2, 0.25) is 0 Å². The predicted octanol–water partition coefficient (Wildman–Crippen LogP) is 3.22. The summed E-state index contributed by atoms with van der Waals surface area (Å²) in [6.45, 7) is 12.1. The third-order valence-corrected chi connectivity index (χ3v) is 5.57. The fourth-order valence-corrected chi connectivity index (χ4v) is 3.80. The second-order valence-corrected chi connectivity index (χ2v) is 8.81. The fraction of sp³-hybridized carbons (Fsp3) is 0.462. The van der Waals surface area contributed by atoms with Gasteiger partial charge in [0.1, 0.15) is 5.75 Å². The Kier molecular flexibility index (Phi) is 11.7. The van der Waals surface area contributed by atoms with Crippen LogP contribution in [-0.2, 0) is 9.59 Å². The van der Waals surface area contributed by atoms with Gasteiger partial charge in [0.2, 0.25) is 0 Å². The second kappa shape index (κ2) is 13.7. The summed E-state index contributed by atoms with van der Waals surface area (Å²) < 4.78 is 0. The van der Waals surface area contributed by atoms with E-state index in [0.717, 1.165) is 18.5 Å². The Hall–Kier alpha value is -2.94. The van der Waals surface area contributed by atoms with Crippen molar-refractivity contribution in [3.05, 3.63) is 65.2 Å². The highest BCUT2D eigenvalue weighted by Crippen LogP contribution is 2.35. The second-order valence-electron chi connectivity index (χ2n) is 8.81. The van der Waals surface area contributed by atoms with Crippen molar-refractivity contribution < 1.29 is 35.1 Å². The summed E-state index contributed by atoms with van der Waals surface area (Å²) in [4.78, 5) is 22.1. The molecule has 0 aliphatic rings. The molecule has 34 heavy (non-hydrogen) atoms. The Morgan fingerprint density at radius 3 is 1.79 bits per heavy atom. The SMILES string of the molecule is Cc1ccc(O)c(C(CCN(C(C)C)C(C)C)c2ccccc2)c1.O=C(O)C(O)[C@@H](O)C(=O)O. The number of aliphatic hydroxyl groups excluding tert-OH is 2. The van der Waals surface area contributed by atoms with E-state index in [2.05, 4.69) is 69.9 Å². The molecule has 0 heterocycles. The Bertz CT molecular complexity index is 889. The van der Waals surface area contributed by atoms with E-state index >= 15 is 0 Å². The highest BCUT2D eigenvalue weighted by atomic mass is 16.4. The molecule has 8 heteroatoms. The molecule has 188 valence electrons. The Morgan fingerprint density at radius 2 is 1.35 bits per heavy atom. The number of phenols is 1. The van der Waals surface area contributed by atoms with E-state index in [1.54, 1.807) is 0 Å². The summed E-state index contributed by atoms with van der Waals surface area (Å²) in [6.07, 6.45) is -3.54. The van der Waals surface area contributed by atoms with E-state index in [1.165, 1.54) is 11.1 Å². The number of rotatable bonds is 10. The first-order valence-electron chi connectivity index (χ1n) is 11.3. The molecule has 0 amide bonds. The molecule has 0 saturated heterocycles. The van der Waals surface area contributed by atoms with Gasteiger partial charge >= 0.3 is 11.9 Å². The summed E-state index contributed by atoms with van der Waals surface area (Å²) >= 11 is 0. The number of phenolic OH excluding ortho intramolecular Hbond substituents is 1. The van der Waals surface area contributed by atoms with Gasteiger partial charge in [-0.15, -0.1) is 0 Å². The van der Waals surface area contributed by atoms with Crippen LogP contribution in [0.25, 0.3) is 0 Å². The Balaban J connectivity index is 0.000000489. The lowest BCUT2D eigenvalue weighted by atomic mass is 9.87. The van der Waals surface area contributed by atoms with Crippen LogP contribution in [0.5, 0.6) is 5.75 Å². The zero-order valence-electron chi connectivity index (χ0n) is 20.4. The van der Waals surface area contributed by atoms with Crippen molar-refractivity contribution in [1.29, 1.82) is 0 Å². The van der Waals surface area contributed by atoms with Crippen LogP contribution >= 0.6 is 0 Å². The molecule has 2 aromatic rings. The van der Waals surface area contributed by atoms with Crippen molar-refractivity contribution in [3.8, 4) is 5.75 Å². The molecule has 8 nitrogen and oxygen atoms in total. The van der Waals surface area contributed by atoms with Gasteiger partial charge in [0.25, 0.3) is 0 Å². The van der Waals surface area contributed by atoms with Crippen LogP contribution in [0.15, 0.2) is 48.5 Å². The van der Waals surface area contributed by atoms with Gasteiger partial charge < -0.3 is 25.5 Å². The minimum atomic E-state index is -2.27. The molecule has 3 atom stereocenters. The van der Waals surface area contributed by atoms with Crippen LogP contribution in [0.3, 0.4) is 0 Å². The third-order valence-electron chi connectivity index (χ3n) is 5.57. The molecule has 0 bridgehead atoms. The molecule has 5 N–H and O–H groups in total. The van der Waals surface area contributed by atoms with Crippen LogP contribution in [0.1, 0.15) is 56.7 Å². The minimum absolute atomic E-state index is 0.214. The van der Waals surface area contributed by atoms with Gasteiger partial charge in [-0.05, 0) is 59.2 Å². The molecule has 0 fully saturated rings. The van der Waals surface area contributed by atoms with Gasteiger partial charge in [-0.25, -0.2) is 9.59 Å². The first kappa shape index (κ1) is 29.1. The predicted molar refractivity (Wildman–Crippen MR) is 130 cm³/mol. The molecule has 0 aromatic heterocycles. The van der Waals surface area contributed by atoms with E-state index in [9.17, 15) is 14.7 Å². The van der Waals surface area contributed by atoms with Gasteiger partial charge in [-0.1, -0.05) is 48.0 Å². The smallest absolute Gasteiger partial charge is 0.335 e. The molecule has 0 aliphatic carbocycles. The summed E-state index contributed by atoms with van der Waals surface area (Å²) in [5.41, 5.74) is 3.49. The van der Waals surface area contributed by atoms with Crippen molar-refractivity contribution in [2.24, 2.45) is 0 Å². The number of aromatic hydroxyl groups is 1. The van der Waals surface area contributed by atoms with Crippen molar-refractivity contribution in [2.45, 2.75) is 71.2 Å². The number of hydrogen-bond donors (Lipinski definition) is 5. The van der Waals surface area contributed by atoms with E-state index < -0.39 is 24.1 Å². The zero-order chi connectivity index (χ0) is 26.0. The molecule has 0 aliphatic heterocycles. The highest BCUT2D eigenvalue weighted by Gasteiger charge is 2.29. The highest BCUT2D eigenvalue weighted by molar-refractivity contribution is 5.83. The topological polar surface area (TPSA) is 139 Å². The number of carboxylic acids is 2. The van der Waals surface area contributed by atoms with Gasteiger partial charge in [0.15, 0.2) is 12.2 Å². The quantitative estimate of drug-likeness (QED) is 0.353. The molecular weight excluding hydrogens is 438 g/mol.